The van der Waals surface area contributed by atoms with E-state index >= 15 is 0 Å². The van der Waals surface area contributed by atoms with E-state index in [1.165, 1.54) is 18.2 Å². The molecule has 1 amide bonds. The molecule has 2 N–H and O–H groups in total. The molecule has 1 aliphatic rings. The third-order valence-corrected chi connectivity index (χ3v) is 3.66. The van der Waals surface area contributed by atoms with Crippen LogP contribution in [0.25, 0.3) is 6.08 Å². The van der Waals surface area contributed by atoms with E-state index < -0.39 is 4.92 Å². The predicted octanol–water partition coefficient (Wildman–Crippen LogP) is 1.87. The topological polar surface area (TPSA) is 84.3 Å². The minimum absolute atomic E-state index is 0.0406. The maximum atomic E-state index is 11.9. The van der Waals surface area contributed by atoms with Crippen LogP contribution < -0.4 is 10.6 Å². The zero-order chi connectivity index (χ0) is 15.3. The van der Waals surface area contributed by atoms with Crippen molar-refractivity contribution in [3.05, 3.63) is 46.0 Å². The Morgan fingerprint density at radius 2 is 1.95 bits per heavy atom. The molecule has 1 saturated heterocycles. The van der Waals surface area contributed by atoms with Crippen molar-refractivity contribution in [2.24, 2.45) is 0 Å². The summed E-state index contributed by atoms with van der Waals surface area (Å²) in [5.74, 6) is -0.141. The number of amides is 1. The Morgan fingerprint density at radius 1 is 1.33 bits per heavy atom. The first-order chi connectivity index (χ1) is 9.98. The van der Waals surface area contributed by atoms with E-state index in [2.05, 4.69) is 10.6 Å². The van der Waals surface area contributed by atoms with Crippen molar-refractivity contribution in [2.45, 2.75) is 25.3 Å². The molecular formula is C15H19N3O3. The van der Waals surface area contributed by atoms with Crippen molar-refractivity contribution in [2.75, 3.05) is 13.1 Å². The zero-order valence-electron chi connectivity index (χ0n) is 12.0. The second kappa shape index (κ2) is 6.49. The number of carbonyl (C=O) groups is 1. The summed E-state index contributed by atoms with van der Waals surface area (Å²) in [4.78, 5) is 22.0. The number of non-ortho nitro benzene ring substituents is 1. The second-order valence-corrected chi connectivity index (χ2v) is 5.48. The SMILES string of the molecule is CC1(NC(=O)/C=C/c2ccc([N+](=O)[O-])cc2)CCNCC1. The van der Waals surface area contributed by atoms with Gasteiger partial charge in [-0.2, -0.15) is 0 Å². The van der Waals surface area contributed by atoms with Crippen LogP contribution in [0.15, 0.2) is 30.3 Å². The molecule has 1 aromatic carbocycles. The number of benzene rings is 1. The highest BCUT2D eigenvalue weighted by Gasteiger charge is 2.27. The van der Waals surface area contributed by atoms with Gasteiger partial charge in [0.05, 0.1) is 4.92 Å². The van der Waals surface area contributed by atoms with Crippen LogP contribution in [-0.2, 0) is 4.79 Å². The lowest BCUT2D eigenvalue weighted by Gasteiger charge is -2.34. The van der Waals surface area contributed by atoms with Gasteiger partial charge in [-0.3, -0.25) is 14.9 Å². The first kappa shape index (κ1) is 15.2. The molecule has 2 rings (SSSR count). The van der Waals surface area contributed by atoms with E-state index in [9.17, 15) is 14.9 Å². The lowest BCUT2D eigenvalue weighted by Crippen LogP contribution is -2.51. The molecule has 21 heavy (non-hydrogen) atoms. The molecule has 1 fully saturated rings. The van der Waals surface area contributed by atoms with E-state index in [-0.39, 0.29) is 17.1 Å². The summed E-state index contributed by atoms with van der Waals surface area (Å²) in [6.45, 7) is 3.86. The molecular weight excluding hydrogens is 270 g/mol. The van der Waals surface area contributed by atoms with Gasteiger partial charge in [-0.1, -0.05) is 0 Å². The smallest absolute Gasteiger partial charge is 0.269 e. The van der Waals surface area contributed by atoms with E-state index in [0.29, 0.717) is 0 Å². The normalized spacial score (nSPS) is 17.6. The van der Waals surface area contributed by atoms with Crippen LogP contribution in [0.1, 0.15) is 25.3 Å². The Hall–Kier alpha value is -2.21. The number of nitro groups is 1. The summed E-state index contributed by atoms with van der Waals surface area (Å²) in [6.07, 6.45) is 4.94. The third-order valence-electron chi connectivity index (χ3n) is 3.66. The van der Waals surface area contributed by atoms with E-state index in [0.717, 1.165) is 31.5 Å². The molecule has 0 saturated carbocycles. The molecule has 0 bridgehead atoms. The van der Waals surface area contributed by atoms with Gasteiger partial charge in [-0.15, -0.1) is 0 Å². The lowest BCUT2D eigenvalue weighted by molar-refractivity contribution is -0.384. The van der Waals surface area contributed by atoms with Crippen LogP contribution in [0.3, 0.4) is 0 Å². The molecule has 112 valence electrons. The van der Waals surface area contributed by atoms with Crippen LogP contribution in [-0.4, -0.2) is 29.5 Å². The summed E-state index contributed by atoms with van der Waals surface area (Å²) < 4.78 is 0. The maximum Gasteiger partial charge on any atom is 0.269 e. The number of hydrogen-bond acceptors (Lipinski definition) is 4. The number of rotatable bonds is 4. The number of carbonyl (C=O) groups excluding carboxylic acids is 1. The van der Waals surface area contributed by atoms with Crippen LogP contribution >= 0.6 is 0 Å². The van der Waals surface area contributed by atoms with Gasteiger partial charge in [0, 0.05) is 23.7 Å². The van der Waals surface area contributed by atoms with Gasteiger partial charge in [0.15, 0.2) is 0 Å². The molecule has 6 nitrogen and oxygen atoms in total. The number of hydrogen-bond donors (Lipinski definition) is 2. The minimum Gasteiger partial charge on any atom is -0.347 e. The molecule has 6 heteroatoms. The highest BCUT2D eigenvalue weighted by molar-refractivity contribution is 5.92. The number of piperidine rings is 1. The van der Waals surface area contributed by atoms with E-state index in [4.69, 9.17) is 0 Å². The van der Waals surface area contributed by atoms with Gasteiger partial charge in [-0.05, 0) is 56.6 Å². The standard InChI is InChI=1S/C15H19N3O3/c1-15(8-10-16-11-9-15)17-14(19)7-4-12-2-5-13(6-3-12)18(20)21/h2-7,16H,8-11H2,1H3,(H,17,19)/b7-4+. The van der Waals surface area contributed by atoms with E-state index in [1.807, 2.05) is 6.92 Å². The van der Waals surface area contributed by atoms with Crippen LogP contribution in [0, 0.1) is 10.1 Å². The largest absolute Gasteiger partial charge is 0.347 e. The lowest BCUT2D eigenvalue weighted by atomic mass is 9.90. The minimum atomic E-state index is -0.446. The number of nitro benzene ring substituents is 1. The fourth-order valence-corrected chi connectivity index (χ4v) is 2.32. The van der Waals surface area contributed by atoms with Gasteiger partial charge < -0.3 is 10.6 Å². The first-order valence-corrected chi connectivity index (χ1v) is 6.94. The van der Waals surface area contributed by atoms with Crippen LogP contribution in [0.2, 0.25) is 0 Å². The Balaban J connectivity index is 1.93. The maximum absolute atomic E-state index is 11.9. The Bertz CT molecular complexity index is 546. The summed E-state index contributed by atoms with van der Waals surface area (Å²) in [5, 5.41) is 16.8. The van der Waals surface area contributed by atoms with Gasteiger partial charge in [0.25, 0.3) is 5.69 Å². The Labute approximate surface area is 123 Å². The summed E-state index contributed by atoms with van der Waals surface area (Å²) in [7, 11) is 0. The molecule has 1 heterocycles. The van der Waals surface area contributed by atoms with Gasteiger partial charge in [0.2, 0.25) is 5.91 Å². The molecule has 0 aliphatic carbocycles. The molecule has 0 atom stereocenters. The number of nitrogens with one attached hydrogen (secondary N) is 2. The van der Waals surface area contributed by atoms with Crippen molar-refractivity contribution in [3.63, 3.8) is 0 Å². The third kappa shape index (κ3) is 4.39. The highest BCUT2D eigenvalue weighted by atomic mass is 16.6. The highest BCUT2D eigenvalue weighted by Crippen LogP contribution is 2.17. The summed E-state index contributed by atoms with van der Waals surface area (Å²) in [6, 6.07) is 6.08. The van der Waals surface area contributed by atoms with Crippen molar-refractivity contribution < 1.29 is 9.72 Å². The quantitative estimate of drug-likeness (QED) is 0.503. The van der Waals surface area contributed by atoms with Crippen molar-refractivity contribution in [3.8, 4) is 0 Å². The average molecular weight is 289 g/mol. The second-order valence-electron chi connectivity index (χ2n) is 5.48. The van der Waals surface area contributed by atoms with Crippen molar-refractivity contribution in [1.29, 1.82) is 0 Å². The average Bonchev–Trinajstić information content (AvgIpc) is 2.46. The number of nitrogens with zero attached hydrogens (tertiary/aromatic N) is 1. The van der Waals surface area contributed by atoms with Crippen LogP contribution in [0.5, 0.6) is 0 Å². The molecule has 1 aromatic rings. The molecule has 0 spiro atoms. The molecule has 0 unspecified atom stereocenters. The fraction of sp³-hybridized carbons (Fsp3) is 0.400. The van der Waals surface area contributed by atoms with Gasteiger partial charge in [-0.25, -0.2) is 0 Å². The fourth-order valence-electron chi connectivity index (χ4n) is 2.32. The Morgan fingerprint density at radius 3 is 2.52 bits per heavy atom. The molecule has 0 radical (unpaired) electrons. The Kier molecular flexibility index (Phi) is 4.70. The molecule has 1 aliphatic heterocycles. The van der Waals surface area contributed by atoms with E-state index in [1.54, 1.807) is 18.2 Å². The summed E-state index contributed by atoms with van der Waals surface area (Å²) >= 11 is 0. The van der Waals surface area contributed by atoms with Crippen molar-refractivity contribution >= 4 is 17.7 Å². The summed E-state index contributed by atoms with van der Waals surface area (Å²) in [5.41, 5.74) is 0.632. The van der Waals surface area contributed by atoms with Gasteiger partial charge >= 0.3 is 0 Å². The zero-order valence-corrected chi connectivity index (χ0v) is 12.0. The predicted molar refractivity (Wildman–Crippen MR) is 80.8 cm³/mol. The monoisotopic (exact) mass is 289 g/mol. The van der Waals surface area contributed by atoms with Crippen LogP contribution in [0.4, 0.5) is 5.69 Å². The van der Waals surface area contributed by atoms with Gasteiger partial charge in [0.1, 0.15) is 0 Å². The van der Waals surface area contributed by atoms with Crippen molar-refractivity contribution in [1.82, 2.24) is 10.6 Å². The first-order valence-electron chi connectivity index (χ1n) is 6.94. The molecule has 0 aromatic heterocycles.